The molecule has 2 aromatic heterocycles. The van der Waals surface area contributed by atoms with Crippen molar-refractivity contribution in [1.29, 1.82) is 0 Å². The third-order valence-corrected chi connectivity index (χ3v) is 4.74. The zero-order chi connectivity index (χ0) is 16.0. The summed E-state index contributed by atoms with van der Waals surface area (Å²) in [5.41, 5.74) is 1.43. The molecule has 0 radical (unpaired) electrons. The van der Waals surface area contributed by atoms with E-state index >= 15 is 0 Å². The van der Waals surface area contributed by atoms with Crippen LogP contribution in [0.2, 0.25) is 0 Å². The van der Waals surface area contributed by atoms with E-state index in [1.54, 1.807) is 13.1 Å². The summed E-state index contributed by atoms with van der Waals surface area (Å²) in [6.07, 6.45) is 1.54. The number of hydrogen-bond donors (Lipinski definition) is 0. The molecule has 0 atom stereocenters. The van der Waals surface area contributed by atoms with Crippen LogP contribution in [0.3, 0.4) is 0 Å². The van der Waals surface area contributed by atoms with Crippen molar-refractivity contribution in [3.8, 4) is 11.5 Å². The van der Waals surface area contributed by atoms with Gasteiger partial charge in [0.1, 0.15) is 4.32 Å². The standard InChI is InChI=1S/C15H9N3O3S2/c1-18-14(19)9(23-15(18)22)7-10-16-12-13(20-10)17-11(21-12)8-5-3-2-4-6-8/h2-7H,1H3/b9-7+. The molecule has 6 nitrogen and oxygen atoms in total. The third-order valence-electron chi connectivity index (χ3n) is 3.25. The lowest BCUT2D eigenvalue weighted by atomic mass is 10.2. The minimum atomic E-state index is -0.173. The molecule has 1 aliphatic rings. The molecule has 8 heteroatoms. The lowest BCUT2D eigenvalue weighted by Crippen LogP contribution is -2.22. The first-order valence-corrected chi connectivity index (χ1v) is 7.88. The van der Waals surface area contributed by atoms with Crippen LogP contribution in [-0.2, 0) is 4.79 Å². The van der Waals surface area contributed by atoms with Gasteiger partial charge in [-0.3, -0.25) is 9.69 Å². The van der Waals surface area contributed by atoms with E-state index in [4.69, 9.17) is 21.1 Å². The fourth-order valence-corrected chi connectivity index (χ4v) is 3.23. The van der Waals surface area contributed by atoms with Gasteiger partial charge in [0, 0.05) is 18.7 Å². The highest BCUT2D eigenvalue weighted by Crippen LogP contribution is 2.32. The molecule has 0 unspecified atom stereocenters. The van der Waals surface area contributed by atoms with E-state index in [1.165, 1.54) is 16.7 Å². The van der Waals surface area contributed by atoms with Crippen molar-refractivity contribution in [2.24, 2.45) is 0 Å². The third kappa shape index (κ3) is 2.45. The predicted molar refractivity (Wildman–Crippen MR) is 90.4 cm³/mol. The van der Waals surface area contributed by atoms with Gasteiger partial charge in [0.2, 0.25) is 11.8 Å². The SMILES string of the molecule is CN1C(=O)/C(=C\c2nc3oc(-c4ccccc4)nc3o2)SC1=S. The van der Waals surface area contributed by atoms with Crippen LogP contribution in [-0.4, -0.2) is 32.1 Å². The Kier molecular flexibility index (Phi) is 3.28. The number of carbonyl (C=O) groups excluding carboxylic acids is 1. The number of nitrogens with zero attached hydrogens (tertiary/aromatic N) is 3. The number of oxazole rings is 2. The Morgan fingerprint density at radius 2 is 1.91 bits per heavy atom. The van der Waals surface area contributed by atoms with Crippen LogP contribution in [0, 0.1) is 0 Å². The lowest BCUT2D eigenvalue weighted by molar-refractivity contribution is -0.121. The van der Waals surface area contributed by atoms with Gasteiger partial charge < -0.3 is 8.83 Å². The number of hydrogen-bond acceptors (Lipinski definition) is 7. The zero-order valence-electron chi connectivity index (χ0n) is 11.8. The smallest absolute Gasteiger partial charge is 0.288 e. The van der Waals surface area contributed by atoms with Gasteiger partial charge in [0.15, 0.2) is 0 Å². The number of rotatable bonds is 2. The number of thioether (sulfide) groups is 1. The number of amides is 1. The molecule has 3 heterocycles. The Balaban J connectivity index is 1.68. The molecule has 1 aromatic carbocycles. The van der Waals surface area contributed by atoms with Crippen LogP contribution in [0.5, 0.6) is 0 Å². The Labute approximate surface area is 140 Å². The Morgan fingerprint density at radius 3 is 2.57 bits per heavy atom. The second-order valence-electron chi connectivity index (χ2n) is 4.79. The molecular weight excluding hydrogens is 334 g/mol. The quantitative estimate of drug-likeness (QED) is 0.522. The monoisotopic (exact) mass is 343 g/mol. The van der Waals surface area contributed by atoms with E-state index in [0.29, 0.717) is 26.5 Å². The van der Waals surface area contributed by atoms with Crippen molar-refractivity contribution in [1.82, 2.24) is 14.9 Å². The zero-order valence-corrected chi connectivity index (χ0v) is 13.5. The average molecular weight is 343 g/mol. The van der Waals surface area contributed by atoms with Gasteiger partial charge in [0.05, 0.1) is 4.91 Å². The van der Waals surface area contributed by atoms with E-state index in [2.05, 4.69) is 9.97 Å². The Hall–Kier alpha value is -2.45. The summed E-state index contributed by atoms with van der Waals surface area (Å²) in [6.45, 7) is 0. The number of benzene rings is 1. The van der Waals surface area contributed by atoms with Crippen LogP contribution in [0.4, 0.5) is 0 Å². The van der Waals surface area contributed by atoms with Gasteiger partial charge in [0.25, 0.3) is 17.3 Å². The van der Waals surface area contributed by atoms with Gasteiger partial charge in [-0.1, -0.05) is 42.2 Å². The molecule has 0 aliphatic carbocycles. The van der Waals surface area contributed by atoms with Crippen molar-refractivity contribution in [2.45, 2.75) is 0 Å². The molecule has 0 N–H and O–H groups in total. The Morgan fingerprint density at radius 1 is 1.17 bits per heavy atom. The first-order valence-electron chi connectivity index (χ1n) is 6.66. The van der Waals surface area contributed by atoms with E-state index in [-0.39, 0.29) is 11.8 Å². The van der Waals surface area contributed by atoms with Crippen LogP contribution in [0.15, 0.2) is 44.1 Å². The number of likely N-dealkylation sites (N-methyl/N-ethyl adjacent to an activating group) is 1. The Bertz CT molecular complexity index is 927. The van der Waals surface area contributed by atoms with Gasteiger partial charge in [-0.05, 0) is 12.1 Å². The highest BCUT2D eigenvalue weighted by Gasteiger charge is 2.29. The highest BCUT2D eigenvalue weighted by molar-refractivity contribution is 8.26. The second-order valence-corrected chi connectivity index (χ2v) is 6.46. The van der Waals surface area contributed by atoms with Crippen LogP contribution < -0.4 is 0 Å². The van der Waals surface area contributed by atoms with Crippen LogP contribution >= 0.6 is 24.0 Å². The largest absolute Gasteiger partial charge is 0.415 e. The maximum Gasteiger partial charge on any atom is 0.288 e. The summed E-state index contributed by atoms with van der Waals surface area (Å²) in [6, 6.07) is 9.48. The normalized spacial score (nSPS) is 16.9. The topological polar surface area (TPSA) is 72.4 Å². The molecule has 0 bridgehead atoms. The van der Waals surface area contributed by atoms with Crippen molar-refractivity contribution >= 4 is 51.7 Å². The molecule has 1 saturated heterocycles. The molecule has 0 saturated carbocycles. The first-order chi connectivity index (χ1) is 11.1. The first kappa shape index (κ1) is 14.2. The van der Waals surface area contributed by atoms with Crippen LogP contribution in [0.25, 0.3) is 29.0 Å². The molecule has 1 fully saturated rings. The second kappa shape index (κ2) is 5.32. The van der Waals surface area contributed by atoms with Crippen molar-refractivity contribution in [3.05, 3.63) is 41.1 Å². The molecule has 3 aromatic rings. The van der Waals surface area contributed by atoms with Gasteiger partial charge in [-0.2, -0.15) is 9.97 Å². The maximum atomic E-state index is 12.0. The molecule has 1 aliphatic heterocycles. The minimum Gasteiger partial charge on any atom is -0.415 e. The fourth-order valence-electron chi connectivity index (χ4n) is 2.08. The van der Waals surface area contributed by atoms with Gasteiger partial charge >= 0.3 is 0 Å². The average Bonchev–Trinajstić information content (AvgIpc) is 3.17. The highest BCUT2D eigenvalue weighted by atomic mass is 32.2. The van der Waals surface area contributed by atoms with Crippen LogP contribution in [0.1, 0.15) is 5.89 Å². The summed E-state index contributed by atoms with van der Waals surface area (Å²) < 4.78 is 11.6. The summed E-state index contributed by atoms with van der Waals surface area (Å²) in [5.74, 6) is 0.533. The van der Waals surface area contributed by atoms with Gasteiger partial charge in [-0.15, -0.1) is 0 Å². The van der Waals surface area contributed by atoms with E-state index in [1.807, 2.05) is 30.3 Å². The minimum absolute atomic E-state index is 0.173. The predicted octanol–water partition coefficient (Wildman–Crippen LogP) is 3.31. The van der Waals surface area contributed by atoms with Crippen molar-refractivity contribution in [2.75, 3.05) is 7.05 Å². The number of carbonyl (C=O) groups is 1. The lowest BCUT2D eigenvalue weighted by Gasteiger charge is -2.03. The fraction of sp³-hybridized carbons (Fsp3) is 0.0667. The van der Waals surface area contributed by atoms with Crippen molar-refractivity contribution < 1.29 is 13.6 Å². The number of fused-ring (bicyclic) bond motifs is 1. The summed E-state index contributed by atoms with van der Waals surface area (Å²) in [5, 5.41) is 0. The van der Waals surface area contributed by atoms with Crippen molar-refractivity contribution in [3.63, 3.8) is 0 Å². The maximum absolute atomic E-state index is 12.0. The molecule has 1 amide bonds. The van der Waals surface area contributed by atoms with E-state index in [9.17, 15) is 4.79 Å². The summed E-state index contributed by atoms with van der Waals surface area (Å²) in [4.78, 5) is 22.3. The van der Waals surface area contributed by atoms with Gasteiger partial charge in [-0.25, -0.2) is 0 Å². The summed E-state index contributed by atoms with van der Waals surface area (Å²) >= 11 is 6.28. The van der Waals surface area contributed by atoms with E-state index in [0.717, 1.165) is 5.56 Å². The number of thiocarbonyl (C=S) groups is 1. The molecule has 23 heavy (non-hydrogen) atoms. The molecule has 114 valence electrons. The molecular formula is C15H9N3O3S2. The number of aromatic nitrogens is 2. The molecule has 4 rings (SSSR count). The molecule has 0 spiro atoms. The van der Waals surface area contributed by atoms with E-state index < -0.39 is 0 Å². The summed E-state index contributed by atoms with van der Waals surface area (Å²) in [7, 11) is 1.63.